The summed E-state index contributed by atoms with van der Waals surface area (Å²) in [6.07, 6.45) is 4.11. The largest absolute Gasteiger partial charge is 0.497 e. The first-order chi connectivity index (χ1) is 11.2. The van der Waals surface area contributed by atoms with Gasteiger partial charge >= 0.3 is 0 Å². The van der Waals surface area contributed by atoms with E-state index in [-0.39, 0.29) is 18.1 Å². The van der Waals surface area contributed by atoms with Gasteiger partial charge in [0.2, 0.25) is 0 Å². The lowest BCUT2D eigenvalue weighted by molar-refractivity contribution is -0.00173. The summed E-state index contributed by atoms with van der Waals surface area (Å²) in [6, 6.07) is 7.60. The number of methoxy groups -OCH3 is 1. The highest BCUT2D eigenvalue weighted by Crippen LogP contribution is 2.24. The van der Waals surface area contributed by atoms with E-state index >= 15 is 0 Å². The van der Waals surface area contributed by atoms with E-state index in [0.717, 1.165) is 45.4 Å². The highest BCUT2D eigenvalue weighted by atomic mass is 16.5. The molecule has 1 saturated carbocycles. The predicted octanol–water partition coefficient (Wildman–Crippen LogP) is 1.76. The molecule has 5 nitrogen and oxygen atoms in total. The maximum absolute atomic E-state index is 12.6. The third-order valence-corrected chi connectivity index (χ3v) is 5.08. The molecule has 1 heterocycles. The molecule has 0 aromatic heterocycles. The first-order valence-corrected chi connectivity index (χ1v) is 8.54. The Hall–Kier alpha value is -1.59. The van der Waals surface area contributed by atoms with Gasteiger partial charge in [-0.1, -0.05) is 18.9 Å². The summed E-state index contributed by atoms with van der Waals surface area (Å²) in [7, 11) is 1.61. The van der Waals surface area contributed by atoms with Crippen LogP contribution in [-0.4, -0.2) is 66.2 Å². The molecule has 1 N–H and O–H groups in total. The standard InChI is InChI=1S/C18H26N2O3/c1-23-15-6-4-5-14(13-15)18(22)20-11-9-19(10-12-20)16-7-2-3-8-17(16)21/h4-6,13,16-17,21H,2-3,7-12H2,1H3. The van der Waals surface area contributed by atoms with Gasteiger partial charge in [-0.15, -0.1) is 0 Å². The molecule has 2 atom stereocenters. The van der Waals surface area contributed by atoms with E-state index in [1.165, 1.54) is 6.42 Å². The first-order valence-electron chi connectivity index (χ1n) is 8.54. The molecule has 2 aliphatic rings. The van der Waals surface area contributed by atoms with Gasteiger partial charge in [0.1, 0.15) is 5.75 Å². The molecule has 0 spiro atoms. The van der Waals surface area contributed by atoms with Gasteiger partial charge in [-0.25, -0.2) is 0 Å². The van der Waals surface area contributed by atoms with Crippen molar-refractivity contribution < 1.29 is 14.6 Å². The summed E-state index contributed by atoms with van der Waals surface area (Å²) in [5.74, 6) is 0.771. The molecule has 3 rings (SSSR count). The number of amides is 1. The Morgan fingerprint density at radius 3 is 2.61 bits per heavy atom. The molecule has 126 valence electrons. The van der Waals surface area contributed by atoms with Gasteiger partial charge in [-0.3, -0.25) is 9.69 Å². The predicted molar refractivity (Wildman–Crippen MR) is 88.7 cm³/mol. The van der Waals surface area contributed by atoms with Crippen molar-refractivity contribution in [2.24, 2.45) is 0 Å². The topological polar surface area (TPSA) is 53.0 Å². The molecule has 0 bridgehead atoms. The van der Waals surface area contributed by atoms with Crippen LogP contribution in [0.25, 0.3) is 0 Å². The molecule has 1 aromatic carbocycles. The molecule has 2 fully saturated rings. The Balaban J connectivity index is 1.58. The maximum atomic E-state index is 12.6. The minimum atomic E-state index is -0.204. The van der Waals surface area contributed by atoms with Crippen LogP contribution in [0.5, 0.6) is 5.75 Å². The Morgan fingerprint density at radius 2 is 1.91 bits per heavy atom. The van der Waals surface area contributed by atoms with Gasteiger partial charge in [-0.2, -0.15) is 0 Å². The fourth-order valence-corrected chi connectivity index (χ4v) is 3.71. The molecular weight excluding hydrogens is 292 g/mol. The van der Waals surface area contributed by atoms with Crippen LogP contribution in [-0.2, 0) is 0 Å². The van der Waals surface area contributed by atoms with Gasteiger partial charge in [0.15, 0.2) is 0 Å². The molecule has 1 amide bonds. The minimum Gasteiger partial charge on any atom is -0.497 e. The van der Waals surface area contributed by atoms with Crippen LogP contribution >= 0.6 is 0 Å². The van der Waals surface area contributed by atoms with Crippen LogP contribution in [0.3, 0.4) is 0 Å². The normalized spacial score (nSPS) is 26.1. The van der Waals surface area contributed by atoms with Crippen molar-refractivity contribution in [3.63, 3.8) is 0 Å². The molecule has 1 saturated heterocycles. The highest BCUT2D eigenvalue weighted by Gasteiger charge is 2.32. The van der Waals surface area contributed by atoms with Crippen LogP contribution in [0, 0.1) is 0 Å². The number of piperazine rings is 1. The fraction of sp³-hybridized carbons (Fsp3) is 0.611. The van der Waals surface area contributed by atoms with Gasteiger partial charge in [-0.05, 0) is 31.0 Å². The van der Waals surface area contributed by atoms with Gasteiger partial charge in [0.25, 0.3) is 5.91 Å². The fourth-order valence-electron chi connectivity index (χ4n) is 3.71. The van der Waals surface area contributed by atoms with Crippen LogP contribution in [0.2, 0.25) is 0 Å². The van der Waals surface area contributed by atoms with Crippen molar-refractivity contribution >= 4 is 5.91 Å². The van der Waals surface area contributed by atoms with Crippen molar-refractivity contribution in [1.82, 2.24) is 9.80 Å². The third kappa shape index (κ3) is 3.67. The van der Waals surface area contributed by atoms with Crippen LogP contribution in [0.15, 0.2) is 24.3 Å². The van der Waals surface area contributed by atoms with E-state index in [1.54, 1.807) is 13.2 Å². The summed E-state index contributed by atoms with van der Waals surface area (Å²) in [5.41, 5.74) is 0.676. The lowest BCUT2D eigenvalue weighted by Crippen LogP contribution is -2.55. The number of carbonyl (C=O) groups excluding carboxylic acids is 1. The average Bonchev–Trinajstić information content (AvgIpc) is 2.62. The summed E-state index contributed by atoms with van der Waals surface area (Å²) in [6.45, 7) is 3.13. The second kappa shape index (κ2) is 7.32. The summed E-state index contributed by atoms with van der Waals surface area (Å²) >= 11 is 0. The molecule has 1 aliphatic carbocycles. The van der Waals surface area contributed by atoms with Crippen molar-refractivity contribution in [2.45, 2.75) is 37.8 Å². The molecule has 1 aliphatic heterocycles. The number of benzene rings is 1. The van der Waals surface area contributed by atoms with Crippen molar-refractivity contribution in [2.75, 3.05) is 33.3 Å². The van der Waals surface area contributed by atoms with Crippen LogP contribution in [0.1, 0.15) is 36.0 Å². The maximum Gasteiger partial charge on any atom is 0.254 e. The lowest BCUT2D eigenvalue weighted by atomic mass is 9.91. The van der Waals surface area contributed by atoms with Gasteiger partial charge < -0.3 is 14.7 Å². The summed E-state index contributed by atoms with van der Waals surface area (Å²) < 4.78 is 5.19. The highest BCUT2D eigenvalue weighted by molar-refractivity contribution is 5.94. The monoisotopic (exact) mass is 318 g/mol. The number of hydrogen-bond donors (Lipinski definition) is 1. The minimum absolute atomic E-state index is 0.0627. The SMILES string of the molecule is COc1cccc(C(=O)N2CCN(C3CCCCC3O)CC2)c1. The van der Waals surface area contributed by atoms with E-state index < -0.39 is 0 Å². The first kappa shape index (κ1) is 16.3. The number of rotatable bonds is 3. The van der Waals surface area contributed by atoms with Crippen LogP contribution < -0.4 is 4.74 Å². The zero-order valence-corrected chi connectivity index (χ0v) is 13.8. The lowest BCUT2D eigenvalue weighted by Gasteiger charge is -2.42. The molecule has 2 unspecified atom stereocenters. The summed E-state index contributed by atoms with van der Waals surface area (Å²) in [5, 5.41) is 10.2. The van der Waals surface area contributed by atoms with Gasteiger partial charge in [0.05, 0.1) is 13.2 Å². The van der Waals surface area contributed by atoms with E-state index in [9.17, 15) is 9.90 Å². The number of aliphatic hydroxyl groups is 1. The van der Waals surface area contributed by atoms with Crippen molar-refractivity contribution in [3.8, 4) is 5.75 Å². The van der Waals surface area contributed by atoms with Crippen molar-refractivity contribution in [1.29, 1.82) is 0 Å². The molecular formula is C18H26N2O3. The Morgan fingerprint density at radius 1 is 1.17 bits per heavy atom. The number of hydrogen-bond acceptors (Lipinski definition) is 4. The molecule has 5 heteroatoms. The second-order valence-corrected chi connectivity index (χ2v) is 6.48. The summed E-state index contributed by atoms with van der Waals surface area (Å²) in [4.78, 5) is 16.9. The zero-order valence-electron chi connectivity index (χ0n) is 13.8. The zero-order chi connectivity index (χ0) is 16.2. The number of aliphatic hydroxyl groups excluding tert-OH is 1. The molecule has 0 radical (unpaired) electrons. The van der Waals surface area contributed by atoms with Gasteiger partial charge in [0, 0.05) is 37.8 Å². The Labute approximate surface area is 137 Å². The average molecular weight is 318 g/mol. The van der Waals surface area contributed by atoms with Crippen molar-refractivity contribution in [3.05, 3.63) is 29.8 Å². The Bertz CT molecular complexity index is 541. The number of nitrogens with zero attached hydrogens (tertiary/aromatic N) is 2. The van der Waals surface area contributed by atoms with E-state index in [0.29, 0.717) is 11.3 Å². The molecule has 1 aromatic rings. The van der Waals surface area contributed by atoms with E-state index in [4.69, 9.17) is 4.74 Å². The third-order valence-electron chi connectivity index (χ3n) is 5.08. The van der Waals surface area contributed by atoms with E-state index in [2.05, 4.69) is 4.90 Å². The van der Waals surface area contributed by atoms with Crippen LogP contribution in [0.4, 0.5) is 0 Å². The Kier molecular flexibility index (Phi) is 5.18. The van der Waals surface area contributed by atoms with E-state index in [1.807, 2.05) is 23.1 Å². The number of ether oxygens (including phenoxy) is 1. The molecule has 23 heavy (non-hydrogen) atoms. The second-order valence-electron chi connectivity index (χ2n) is 6.48. The number of carbonyl (C=O) groups is 1. The quantitative estimate of drug-likeness (QED) is 0.923. The smallest absolute Gasteiger partial charge is 0.254 e.